The van der Waals surface area contributed by atoms with Gasteiger partial charge in [-0.15, -0.1) is 0 Å². The van der Waals surface area contributed by atoms with Crippen molar-refractivity contribution in [2.75, 3.05) is 18.6 Å². The summed E-state index contributed by atoms with van der Waals surface area (Å²) in [6.45, 7) is 5.68. The monoisotopic (exact) mass is 474 g/mol. The number of aromatic nitrogens is 1. The van der Waals surface area contributed by atoms with Crippen molar-refractivity contribution < 1.29 is 18.7 Å². The average Bonchev–Trinajstić information content (AvgIpc) is 3.27. The zero-order chi connectivity index (χ0) is 24.1. The molecular formula is C27H23FN2O3S. The number of benzene rings is 3. The SMILES string of the molecule is C=CCOc1ccc(/C=C/C(=O)N(c2ccc(C)c(F)c2)c2nc3ccccc3s2)cc1OC. The molecule has 5 nitrogen and oxygen atoms in total. The van der Waals surface area contributed by atoms with E-state index in [0.717, 1.165) is 15.8 Å². The molecule has 7 heteroatoms. The first kappa shape index (κ1) is 23.2. The predicted octanol–water partition coefficient (Wildman–Crippen LogP) is 6.70. The summed E-state index contributed by atoms with van der Waals surface area (Å²) in [7, 11) is 1.55. The second kappa shape index (κ2) is 10.3. The van der Waals surface area contributed by atoms with Gasteiger partial charge in [-0.2, -0.15) is 0 Å². The van der Waals surface area contributed by atoms with Crippen LogP contribution in [0.4, 0.5) is 15.2 Å². The first-order chi connectivity index (χ1) is 16.5. The molecule has 0 saturated heterocycles. The number of amides is 1. The van der Waals surface area contributed by atoms with Crippen molar-refractivity contribution in [1.29, 1.82) is 0 Å². The standard InChI is InChI=1S/C27H23FN2O3S/c1-4-15-33-23-13-10-19(16-24(23)32-3)11-14-26(31)30(20-12-9-18(2)21(28)17-20)27-29-22-7-5-6-8-25(22)34-27/h4-14,16-17H,1,15H2,2-3H3/b14-11+. The van der Waals surface area contributed by atoms with E-state index in [0.29, 0.717) is 34.5 Å². The van der Waals surface area contributed by atoms with E-state index in [1.807, 2.05) is 30.3 Å². The van der Waals surface area contributed by atoms with E-state index in [9.17, 15) is 9.18 Å². The number of hydrogen-bond acceptors (Lipinski definition) is 5. The lowest BCUT2D eigenvalue weighted by Crippen LogP contribution is -2.23. The van der Waals surface area contributed by atoms with Crippen LogP contribution in [0.5, 0.6) is 11.5 Å². The summed E-state index contributed by atoms with van der Waals surface area (Å²) in [6.07, 6.45) is 4.76. The Labute approximate surface area is 201 Å². The normalized spacial score (nSPS) is 11.0. The van der Waals surface area contributed by atoms with Gasteiger partial charge in [0.25, 0.3) is 5.91 Å². The number of para-hydroxylation sites is 1. The molecule has 34 heavy (non-hydrogen) atoms. The third kappa shape index (κ3) is 5.00. The maximum atomic E-state index is 14.4. The van der Waals surface area contributed by atoms with Crippen LogP contribution in [0.15, 0.2) is 79.4 Å². The van der Waals surface area contributed by atoms with Gasteiger partial charge in [-0.1, -0.05) is 48.3 Å². The van der Waals surface area contributed by atoms with E-state index < -0.39 is 0 Å². The minimum atomic E-state index is -0.389. The van der Waals surface area contributed by atoms with Gasteiger partial charge in [-0.3, -0.25) is 9.69 Å². The highest BCUT2D eigenvalue weighted by Gasteiger charge is 2.21. The molecule has 1 amide bonds. The number of anilines is 2. The van der Waals surface area contributed by atoms with Crippen molar-refractivity contribution in [3.63, 3.8) is 0 Å². The van der Waals surface area contributed by atoms with E-state index in [4.69, 9.17) is 9.47 Å². The summed E-state index contributed by atoms with van der Waals surface area (Å²) in [5.74, 6) is 0.380. The molecule has 0 radical (unpaired) electrons. The predicted molar refractivity (Wildman–Crippen MR) is 136 cm³/mol. The Morgan fingerprint density at radius 3 is 2.71 bits per heavy atom. The maximum absolute atomic E-state index is 14.4. The topological polar surface area (TPSA) is 51.7 Å². The third-order valence-electron chi connectivity index (χ3n) is 5.07. The summed E-state index contributed by atoms with van der Waals surface area (Å²) < 4.78 is 26.3. The zero-order valence-electron chi connectivity index (χ0n) is 18.8. The fourth-order valence-corrected chi connectivity index (χ4v) is 4.30. The molecule has 0 fully saturated rings. The lowest BCUT2D eigenvalue weighted by Gasteiger charge is -2.19. The molecule has 3 aromatic carbocycles. The maximum Gasteiger partial charge on any atom is 0.257 e. The van der Waals surface area contributed by atoms with Crippen LogP contribution in [0.1, 0.15) is 11.1 Å². The first-order valence-electron chi connectivity index (χ1n) is 10.6. The number of hydrogen-bond donors (Lipinski definition) is 0. The number of nitrogens with zero attached hydrogens (tertiary/aromatic N) is 2. The van der Waals surface area contributed by atoms with Gasteiger partial charge >= 0.3 is 0 Å². The second-order valence-electron chi connectivity index (χ2n) is 7.41. The summed E-state index contributed by atoms with van der Waals surface area (Å²) >= 11 is 1.37. The van der Waals surface area contributed by atoms with Crippen molar-refractivity contribution in [2.45, 2.75) is 6.92 Å². The largest absolute Gasteiger partial charge is 0.493 e. The van der Waals surface area contributed by atoms with Crippen LogP contribution in [-0.2, 0) is 4.79 Å². The van der Waals surface area contributed by atoms with Gasteiger partial charge in [0.15, 0.2) is 16.6 Å². The van der Waals surface area contributed by atoms with Crippen LogP contribution in [0.25, 0.3) is 16.3 Å². The number of carbonyl (C=O) groups is 1. The number of halogens is 1. The summed E-state index contributed by atoms with van der Waals surface area (Å²) in [5.41, 5.74) is 2.43. The number of thiazole rings is 1. The van der Waals surface area contributed by atoms with Crippen molar-refractivity contribution in [2.24, 2.45) is 0 Å². The second-order valence-corrected chi connectivity index (χ2v) is 8.42. The lowest BCUT2D eigenvalue weighted by atomic mass is 10.1. The molecule has 0 N–H and O–H groups in total. The minimum absolute atomic E-state index is 0.353. The Kier molecular flexibility index (Phi) is 7.04. The Morgan fingerprint density at radius 1 is 1.15 bits per heavy atom. The average molecular weight is 475 g/mol. The molecule has 172 valence electrons. The molecule has 0 unspecified atom stereocenters. The lowest BCUT2D eigenvalue weighted by molar-refractivity contribution is -0.113. The molecule has 0 aliphatic rings. The van der Waals surface area contributed by atoms with Gasteiger partial charge < -0.3 is 9.47 Å². The van der Waals surface area contributed by atoms with Crippen LogP contribution >= 0.6 is 11.3 Å². The number of fused-ring (bicyclic) bond motifs is 1. The van der Waals surface area contributed by atoms with Crippen molar-refractivity contribution in [3.8, 4) is 11.5 Å². The van der Waals surface area contributed by atoms with E-state index >= 15 is 0 Å². The molecular weight excluding hydrogens is 451 g/mol. The molecule has 1 aromatic heterocycles. The Bertz CT molecular complexity index is 1350. The first-order valence-corrected chi connectivity index (χ1v) is 11.4. The zero-order valence-corrected chi connectivity index (χ0v) is 19.6. The Morgan fingerprint density at radius 2 is 1.97 bits per heavy atom. The van der Waals surface area contributed by atoms with Crippen molar-refractivity contribution >= 4 is 44.4 Å². The molecule has 0 saturated carbocycles. The van der Waals surface area contributed by atoms with Crippen molar-refractivity contribution in [3.05, 3.63) is 96.3 Å². The van der Waals surface area contributed by atoms with Gasteiger partial charge in [0.2, 0.25) is 0 Å². The van der Waals surface area contributed by atoms with E-state index in [1.54, 1.807) is 50.5 Å². The molecule has 4 aromatic rings. The highest BCUT2D eigenvalue weighted by molar-refractivity contribution is 7.22. The van der Waals surface area contributed by atoms with E-state index in [-0.39, 0.29) is 11.7 Å². The van der Waals surface area contributed by atoms with E-state index in [2.05, 4.69) is 11.6 Å². The smallest absolute Gasteiger partial charge is 0.257 e. The Hall–Kier alpha value is -3.97. The van der Waals surface area contributed by atoms with Gasteiger partial charge in [-0.05, 0) is 60.5 Å². The minimum Gasteiger partial charge on any atom is -0.493 e. The fourth-order valence-electron chi connectivity index (χ4n) is 3.31. The molecule has 4 rings (SSSR count). The van der Waals surface area contributed by atoms with Crippen LogP contribution in [0, 0.1) is 12.7 Å². The highest BCUT2D eigenvalue weighted by atomic mass is 32.1. The van der Waals surface area contributed by atoms with Gasteiger partial charge in [-0.25, -0.2) is 9.37 Å². The molecule has 0 aliphatic heterocycles. The van der Waals surface area contributed by atoms with Gasteiger partial charge in [0, 0.05) is 6.08 Å². The molecule has 0 atom stereocenters. The molecule has 0 spiro atoms. The van der Waals surface area contributed by atoms with Crippen LogP contribution in [0.3, 0.4) is 0 Å². The van der Waals surface area contributed by atoms with Crippen molar-refractivity contribution in [1.82, 2.24) is 4.98 Å². The quantitative estimate of drug-likeness (QED) is 0.211. The number of aryl methyl sites for hydroxylation is 1. The number of carbonyl (C=O) groups excluding carboxylic acids is 1. The fraction of sp³-hybridized carbons (Fsp3) is 0.111. The van der Waals surface area contributed by atoms with Crippen LogP contribution in [-0.4, -0.2) is 24.6 Å². The summed E-state index contributed by atoms with van der Waals surface area (Å²) in [4.78, 5) is 19.4. The third-order valence-corrected chi connectivity index (χ3v) is 6.09. The molecule has 0 bridgehead atoms. The van der Waals surface area contributed by atoms with Crippen LogP contribution in [0.2, 0.25) is 0 Å². The number of methoxy groups -OCH3 is 1. The summed E-state index contributed by atoms with van der Waals surface area (Å²) in [5, 5.41) is 0.463. The number of rotatable bonds is 8. The Balaban J connectivity index is 1.68. The van der Waals surface area contributed by atoms with Gasteiger partial charge in [0.05, 0.1) is 23.0 Å². The molecule has 1 heterocycles. The van der Waals surface area contributed by atoms with Gasteiger partial charge in [0.1, 0.15) is 12.4 Å². The van der Waals surface area contributed by atoms with E-state index in [1.165, 1.54) is 28.4 Å². The summed E-state index contributed by atoms with van der Waals surface area (Å²) in [6, 6.07) is 17.7. The van der Waals surface area contributed by atoms with Crippen LogP contribution < -0.4 is 14.4 Å². The number of ether oxygens (including phenoxy) is 2. The molecule has 0 aliphatic carbocycles. The highest BCUT2D eigenvalue weighted by Crippen LogP contribution is 2.34.